The summed E-state index contributed by atoms with van der Waals surface area (Å²) < 4.78 is 10.5. The largest absolute Gasteiger partial charge is 2.00 e. The second-order valence-electron chi connectivity index (χ2n) is 2.43. The SMILES string of the molecule is CCCOc1c[c-]ccc1OC.[Br-].[Mg+2]. The summed E-state index contributed by atoms with van der Waals surface area (Å²) in [5.41, 5.74) is 0. The first kappa shape index (κ1) is 16.5. The molecule has 0 fully saturated rings. The van der Waals surface area contributed by atoms with E-state index in [1.807, 2.05) is 6.07 Å². The number of rotatable bonds is 4. The molecule has 0 aliphatic heterocycles. The molecule has 0 saturated heterocycles. The number of hydrogen-bond donors (Lipinski definition) is 0. The van der Waals surface area contributed by atoms with E-state index in [0.717, 1.165) is 17.9 Å². The van der Waals surface area contributed by atoms with E-state index in [0.29, 0.717) is 6.61 Å². The van der Waals surface area contributed by atoms with Crippen molar-refractivity contribution < 1.29 is 26.5 Å². The van der Waals surface area contributed by atoms with Crippen molar-refractivity contribution in [3.05, 3.63) is 24.3 Å². The van der Waals surface area contributed by atoms with Crippen LogP contribution in [0.4, 0.5) is 0 Å². The van der Waals surface area contributed by atoms with Gasteiger partial charge in [-0.2, -0.15) is 12.1 Å². The Bertz CT molecular complexity index is 243. The molecule has 0 aromatic heterocycles. The van der Waals surface area contributed by atoms with Crippen molar-refractivity contribution >= 4 is 23.1 Å². The standard InChI is InChI=1S/C10H13O2.BrH.Mg/c1-3-8-12-10-7-5-4-6-9(10)11-2;;/h4,6-7H,3,8H2,1-2H3;1H;/q-1;;+2/p-1. The van der Waals surface area contributed by atoms with E-state index < -0.39 is 0 Å². The van der Waals surface area contributed by atoms with Crippen LogP contribution in [0, 0.1) is 6.07 Å². The molecule has 0 bridgehead atoms. The third-order valence-electron chi connectivity index (χ3n) is 1.47. The molecule has 1 aromatic rings. The number of benzene rings is 1. The maximum absolute atomic E-state index is 5.42. The molecule has 0 N–H and O–H groups in total. The van der Waals surface area contributed by atoms with Gasteiger partial charge in [0.1, 0.15) is 0 Å². The number of halogens is 1. The second kappa shape index (κ2) is 9.61. The summed E-state index contributed by atoms with van der Waals surface area (Å²) in [6.07, 6.45) is 0.998. The van der Waals surface area contributed by atoms with E-state index in [2.05, 4.69) is 13.0 Å². The normalized spacial score (nSPS) is 8.14. The average Bonchev–Trinajstić information content (AvgIpc) is 2.15. The summed E-state index contributed by atoms with van der Waals surface area (Å²) in [5.74, 6) is 1.53. The zero-order valence-corrected chi connectivity index (χ0v) is 11.5. The van der Waals surface area contributed by atoms with Crippen LogP contribution >= 0.6 is 0 Å². The Morgan fingerprint density at radius 1 is 1.36 bits per heavy atom. The van der Waals surface area contributed by atoms with Crippen molar-refractivity contribution in [3.8, 4) is 11.5 Å². The second-order valence-corrected chi connectivity index (χ2v) is 2.43. The molecule has 0 aliphatic rings. The number of ether oxygens (including phenoxy) is 2. The minimum Gasteiger partial charge on any atom is -1.00 e. The Morgan fingerprint density at radius 3 is 2.64 bits per heavy atom. The molecule has 74 valence electrons. The van der Waals surface area contributed by atoms with Crippen LogP contribution in [0.15, 0.2) is 18.2 Å². The first-order chi connectivity index (χ1) is 5.88. The predicted octanol–water partition coefficient (Wildman–Crippen LogP) is -1.09. The zero-order valence-electron chi connectivity index (χ0n) is 8.55. The van der Waals surface area contributed by atoms with Gasteiger partial charge in [0.2, 0.25) is 0 Å². The van der Waals surface area contributed by atoms with Gasteiger partial charge in [-0.25, -0.2) is 0 Å². The third kappa shape index (κ3) is 5.07. The van der Waals surface area contributed by atoms with Crippen molar-refractivity contribution in [2.24, 2.45) is 0 Å². The van der Waals surface area contributed by atoms with E-state index in [1.54, 1.807) is 19.2 Å². The van der Waals surface area contributed by atoms with Gasteiger partial charge in [-0.05, 0) is 6.42 Å². The molecule has 0 atom stereocenters. The van der Waals surface area contributed by atoms with Crippen LogP contribution in [0.2, 0.25) is 0 Å². The average molecular weight is 269 g/mol. The molecule has 4 heteroatoms. The van der Waals surface area contributed by atoms with Crippen molar-refractivity contribution in [1.82, 2.24) is 0 Å². The summed E-state index contributed by atoms with van der Waals surface area (Å²) >= 11 is 0. The van der Waals surface area contributed by atoms with Gasteiger partial charge in [0.05, 0.1) is 19.5 Å². The molecule has 0 amide bonds. The van der Waals surface area contributed by atoms with Crippen molar-refractivity contribution in [3.63, 3.8) is 0 Å². The molecular weight excluding hydrogens is 256 g/mol. The van der Waals surface area contributed by atoms with Gasteiger partial charge in [-0.1, -0.05) is 6.92 Å². The molecule has 2 nitrogen and oxygen atoms in total. The molecular formula is C10H13BrMgO2. The minimum atomic E-state index is 0. The summed E-state index contributed by atoms with van der Waals surface area (Å²) in [5, 5.41) is 0. The first-order valence-electron chi connectivity index (χ1n) is 4.05. The van der Waals surface area contributed by atoms with Crippen molar-refractivity contribution in [2.75, 3.05) is 13.7 Å². The van der Waals surface area contributed by atoms with Gasteiger partial charge in [-0.3, -0.25) is 0 Å². The monoisotopic (exact) mass is 268 g/mol. The van der Waals surface area contributed by atoms with Gasteiger partial charge >= 0.3 is 23.1 Å². The smallest absolute Gasteiger partial charge is 1.00 e. The van der Waals surface area contributed by atoms with Gasteiger partial charge in [0.25, 0.3) is 0 Å². The van der Waals surface area contributed by atoms with E-state index >= 15 is 0 Å². The Balaban J connectivity index is 0. The summed E-state index contributed by atoms with van der Waals surface area (Å²) in [4.78, 5) is 0. The maximum atomic E-state index is 5.42. The Hall–Kier alpha value is 0.0662. The van der Waals surface area contributed by atoms with Crippen LogP contribution < -0.4 is 26.5 Å². The zero-order chi connectivity index (χ0) is 8.81. The fourth-order valence-corrected chi connectivity index (χ4v) is 0.894. The van der Waals surface area contributed by atoms with E-state index in [1.165, 1.54) is 0 Å². The Labute approximate surface area is 112 Å². The molecule has 14 heavy (non-hydrogen) atoms. The van der Waals surface area contributed by atoms with Crippen LogP contribution in [0.25, 0.3) is 0 Å². The minimum absolute atomic E-state index is 0. The molecule has 0 aliphatic carbocycles. The van der Waals surface area contributed by atoms with Gasteiger partial charge < -0.3 is 26.5 Å². The number of hydrogen-bond acceptors (Lipinski definition) is 2. The van der Waals surface area contributed by atoms with Crippen LogP contribution in [0.3, 0.4) is 0 Å². The van der Waals surface area contributed by atoms with E-state index in [9.17, 15) is 0 Å². The van der Waals surface area contributed by atoms with Crippen LogP contribution in [0.1, 0.15) is 13.3 Å². The van der Waals surface area contributed by atoms with E-state index in [-0.39, 0.29) is 40.0 Å². The predicted molar refractivity (Wildman–Crippen MR) is 53.4 cm³/mol. The molecule has 1 rings (SSSR count). The van der Waals surface area contributed by atoms with Crippen LogP contribution in [-0.4, -0.2) is 36.8 Å². The fourth-order valence-electron chi connectivity index (χ4n) is 0.894. The van der Waals surface area contributed by atoms with Crippen LogP contribution in [-0.2, 0) is 0 Å². The van der Waals surface area contributed by atoms with E-state index in [4.69, 9.17) is 9.47 Å². The summed E-state index contributed by atoms with van der Waals surface area (Å²) in [6, 6.07) is 8.37. The number of methoxy groups -OCH3 is 1. The van der Waals surface area contributed by atoms with Crippen molar-refractivity contribution in [1.29, 1.82) is 0 Å². The molecule has 0 radical (unpaired) electrons. The van der Waals surface area contributed by atoms with Gasteiger partial charge in [0.15, 0.2) is 0 Å². The third-order valence-corrected chi connectivity index (χ3v) is 1.47. The van der Waals surface area contributed by atoms with Crippen molar-refractivity contribution in [2.45, 2.75) is 13.3 Å². The molecule has 0 unspecified atom stereocenters. The molecule has 1 aromatic carbocycles. The van der Waals surface area contributed by atoms with Crippen LogP contribution in [0.5, 0.6) is 11.5 Å². The summed E-state index contributed by atoms with van der Waals surface area (Å²) in [6.45, 7) is 2.79. The van der Waals surface area contributed by atoms with Gasteiger partial charge in [-0.15, -0.1) is 12.1 Å². The quantitative estimate of drug-likeness (QED) is 0.511. The molecule has 0 spiro atoms. The first-order valence-corrected chi connectivity index (χ1v) is 4.05. The molecule has 0 heterocycles. The van der Waals surface area contributed by atoms with Gasteiger partial charge in [0, 0.05) is 5.75 Å². The topological polar surface area (TPSA) is 18.5 Å². The Morgan fingerprint density at radius 2 is 2.07 bits per heavy atom. The fraction of sp³-hybridized carbons (Fsp3) is 0.400. The molecule has 0 saturated carbocycles. The maximum Gasteiger partial charge on any atom is 2.00 e. The Kier molecular flexibility index (Phi) is 11.3. The summed E-state index contributed by atoms with van der Waals surface area (Å²) in [7, 11) is 1.63.